The fourth-order valence-corrected chi connectivity index (χ4v) is 2.19. The number of nitrogens with zero attached hydrogens (tertiary/aromatic N) is 1. The van der Waals surface area contributed by atoms with E-state index in [4.69, 9.17) is 9.47 Å². The van der Waals surface area contributed by atoms with Crippen LogP contribution >= 0.6 is 0 Å². The van der Waals surface area contributed by atoms with Gasteiger partial charge in [0, 0.05) is 31.7 Å². The van der Waals surface area contributed by atoms with E-state index in [0.29, 0.717) is 6.54 Å². The summed E-state index contributed by atoms with van der Waals surface area (Å²) < 4.78 is 10.8. The highest BCUT2D eigenvalue weighted by molar-refractivity contribution is 5.39. The van der Waals surface area contributed by atoms with Gasteiger partial charge in [0.15, 0.2) is 0 Å². The molecule has 2 rings (SSSR count). The quantitative estimate of drug-likeness (QED) is 0.826. The van der Waals surface area contributed by atoms with Gasteiger partial charge in [0.25, 0.3) is 0 Å². The largest absolute Gasteiger partial charge is 0.508 e. The van der Waals surface area contributed by atoms with Crippen LogP contribution in [0.3, 0.4) is 0 Å². The maximum Gasteiger partial charge on any atom is 0.120 e. The zero-order valence-electron chi connectivity index (χ0n) is 11.6. The molecule has 0 aromatic heterocycles. The van der Waals surface area contributed by atoms with Crippen LogP contribution in [0.2, 0.25) is 0 Å². The van der Waals surface area contributed by atoms with Crippen molar-refractivity contribution in [1.82, 2.24) is 10.2 Å². The summed E-state index contributed by atoms with van der Waals surface area (Å²) in [5.41, 5.74) is 0.837. The number of ether oxygens (including phenoxy) is 2. The summed E-state index contributed by atoms with van der Waals surface area (Å²) in [6.07, 6.45) is 0.214. The molecular weight excluding hydrogens is 244 g/mol. The molecule has 1 aromatic rings. The van der Waals surface area contributed by atoms with Crippen LogP contribution in [0.5, 0.6) is 11.5 Å². The van der Waals surface area contributed by atoms with Crippen molar-refractivity contribution in [2.45, 2.75) is 12.6 Å². The second kappa shape index (κ2) is 6.75. The molecule has 1 heterocycles. The van der Waals surface area contributed by atoms with Crippen LogP contribution in [-0.2, 0) is 11.3 Å². The lowest BCUT2D eigenvalue weighted by Gasteiger charge is -2.30. The van der Waals surface area contributed by atoms with Crippen LogP contribution in [0.25, 0.3) is 0 Å². The van der Waals surface area contributed by atoms with Crippen LogP contribution in [0, 0.1) is 0 Å². The van der Waals surface area contributed by atoms with E-state index in [0.717, 1.165) is 37.6 Å². The lowest BCUT2D eigenvalue weighted by atomic mass is 10.2. The van der Waals surface area contributed by atoms with Gasteiger partial charge in [-0.25, -0.2) is 0 Å². The van der Waals surface area contributed by atoms with Gasteiger partial charge in [-0.3, -0.25) is 0 Å². The van der Waals surface area contributed by atoms with Crippen LogP contribution in [0.1, 0.15) is 5.56 Å². The Morgan fingerprint density at radius 2 is 2.37 bits per heavy atom. The lowest BCUT2D eigenvalue weighted by Crippen LogP contribution is -2.44. The van der Waals surface area contributed by atoms with Gasteiger partial charge in [-0.05, 0) is 25.2 Å². The third kappa shape index (κ3) is 4.09. The summed E-state index contributed by atoms with van der Waals surface area (Å²) in [6, 6.07) is 5.24. The Hall–Kier alpha value is -1.30. The van der Waals surface area contributed by atoms with Gasteiger partial charge in [0.2, 0.25) is 0 Å². The van der Waals surface area contributed by atoms with Gasteiger partial charge < -0.3 is 24.8 Å². The third-order valence-electron chi connectivity index (χ3n) is 3.32. The number of hydrogen-bond acceptors (Lipinski definition) is 5. The molecule has 2 N–H and O–H groups in total. The third-order valence-corrected chi connectivity index (χ3v) is 3.32. The molecule has 0 amide bonds. The smallest absolute Gasteiger partial charge is 0.120 e. The number of methoxy groups -OCH3 is 1. The van der Waals surface area contributed by atoms with Crippen LogP contribution in [0.15, 0.2) is 18.2 Å². The number of aromatic hydroxyl groups is 1. The number of phenols is 1. The van der Waals surface area contributed by atoms with E-state index in [1.165, 1.54) is 0 Å². The molecule has 0 spiro atoms. The van der Waals surface area contributed by atoms with Gasteiger partial charge in [-0.1, -0.05) is 0 Å². The minimum absolute atomic E-state index is 0.214. The van der Waals surface area contributed by atoms with E-state index in [2.05, 4.69) is 17.3 Å². The van der Waals surface area contributed by atoms with Crippen LogP contribution < -0.4 is 10.1 Å². The molecule has 0 radical (unpaired) electrons. The average Bonchev–Trinajstić information content (AvgIpc) is 2.41. The topological polar surface area (TPSA) is 54.0 Å². The SMILES string of the molecule is COc1ccc(O)c(CNCC2CN(C)CCO2)c1. The minimum Gasteiger partial charge on any atom is -0.508 e. The standard InChI is InChI=1S/C14H22N2O3/c1-16-5-6-19-13(10-16)9-15-8-11-7-12(18-2)3-4-14(11)17/h3-4,7,13,15,17H,5-6,8-10H2,1-2H3. The normalized spacial score (nSPS) is 20.4. The summed E-state index contributed by atoms with van der Waals surface area (Å²) in [4.78, 5) is 2.26. The molecule has 0 aliphatic carbocycles. The van der Waals surface area contributed by atoms with E-state index in [9.17, 15) is 5.11 Å². The number of morpholine rings is 1. The molecule has 106 valence electrons. The van der Waals surface area contributed by atoms with Gasteiger partial charge in [-0.15, -0.1) is 0 Å². The van der Waals surface area contributed by atoms with Crippen molar-refractivity contribution in [1.29, 1.82) is 0 Å². The van der Waals surface area contributed by atoms with E-state index < -0.39 is 0 Å². The Morgan fingerprint density at radius 1 is 1.53 bits per heavy atom. The first kappa shape index (κ1) is 14.1. The summed E-state index contributed by atoms with van der Waals surface area (Å²) in [5.74, 6) is 1.04. The van der Waals surface area contributed by atoms with Crippen molar-refractivity contribution < 1.29 is 14.6 Å². The van der Waals surface area contributed by atoms with Crippen molar-refractivity contribution >= 4 is 0 Å². The lowest BCUT2D eigenvalue weighted by molar-refractivity contribution is -0.0182. The molecular formula is C14H22N2O3. The highest BCUT2D eigenvalue weighted by Crippen LogP contribution is 2.22. The molecule has 0 bridgehead atoms. The van der Waals surface area contributed by atoms with Gasteiger partial charge in [0.05, 0.1) is 19.8 Å². The number of benzene rings is 1. The van der Waals surface area contributed by atoms with Gasteiger partial charge in [0.1, 0.15) is 11.5 Å². The second-order valence-corrected chi connectivity index (χ2v) is 4.88. The molecule has 1 saturated heterocycles. The average molecular weight is 266 g/mol. The molecule has 1 aliphatic rings. The zero-order valence-corrected chi connectivity index (χ0v) is 11.6. The Bertz CT molecular complexity index is 412. The molecule has 1 aliphatic heterocycles. The maximum atomic E-state index is 9.77. The summed E-state index contributed by atoms with van der Waals surface area (Å²) in [6.45, 7) is 4.10. The van der Waals surface area contributed by atoms with Gasteiger partial charge in [-0.2, -0.15) is 0 Å². The van der Waals surface area contributed by atoms with E-state index in [1.807, 2.05) is 6.07 Å². The fourth-order valence-electron chi connectivity index (χ4n) is 2.19. The highest BCUT2D eigenvalue weighted by Gasteiger charge is 2.17. The monoisotopic (exact) mass is 266 g/mol. The molecule has 1 aromatic carbocycles. The summed E-state index contributed by atoms with van der Waals surface area (Å²) >= 11 is 0. The van der Waals surface area contributed by atoms with Crippen molar-refractivity contribution in [2.75, 3.05) is 40.4 Å². The highest BCUT2D eigenvalue weighted by atomic mass is 16.5. The summed E-state index contributed by atoms with van der Waals surface area (Å²) in [7, 11) is 3.72. The molecule has 19 heavy (non-hydrogen) atoms. The predicted octanol–water partition coefficient (Wildman–Crippen LogP) is 0.821. The van der Waals surface area contributed by atoms with Crippen molar-refractivity contribution in [3.05, 3.63) is 23.8 Å². The first-order valence-electron chi connectivity index (χ1n) is 6.56. The zero-order chi connectivity index (χ0) is 13.7. The Kier molecular flexibility index (Phi) is 5.01. The number of rotatable bonds is 5. The van der Waals surface area contributed by atoms with Crippen molar-refractivity contribution in [3.8, 4) is 11.5 Å². The number of phenolic OH excluding ortho intramolecular Hbond substituents is 1. The Labute approximate surface area is 114 Å². The Balaban J connectivity index is 1.81. The maximum absolute atomic E-state index is 9.77. The van der Waals surface area contributed by atoms with Gasteiger partial charge >= 0.3 is 0 Å². The van der Waals surface area contributed by atoms with Crippen LogP contribution in [-0.4, -0.2) is 56.5 Å². The number of nitrogens with one attached hydrogen (secondary N) is 1. The first-order chi connectivity index (χ1) is 9.19. The van der Waals surface area contributed by atoms with E-state index >= 15 is 0 Å². The summed E-state index contributed by atoms with van der Waals surface area (Å²) in [5, 5.41) is 13.1. The molecule has 1 atom stereocenters. The number of likely N-dealkylation sites (N-methyl/N-ethyl adjacent to an activating group) is 1. The molecule has 5 nitrogen and oxygen atoms in total. The molecule has 0 saturated carbocycles. The minimum atomic E-state index is 0.214. The molecule has 1 unspecified atom stereocenters. The Morgan fingerprint density at radius 3 is 3.11 bits per heavy atom. The molecule has 5 heteroatoms. The first-order valence-corrected chi connectivity index (χ1v) is 6.56. The molecule has 1 fully saturated rings. The second-order valence-electron chi connectivity index (χ2n) is 4.88. The van der Waals surface area contributed by atoms with E-state index in [-0.39, 0.29) is 11.9 Å². The fraction of sp³-hybridized carbons (Fsp3) is 0.571. The van der Waals surface area contributed by atoms with Crippen LogP contribution in [0.4, 0.5) is 0 Å². The number of hydrogen-bond donors (Lipinski definition) is 2. The van der Waals surface area contributed by atoms with E-state index in [1.54, 1.807) is 19.2 Å². The van der Waals surface area contributed by atoms with Crippen molar-refractivity contribution in [3.63, 3.8) is 0 Å². The van der Waals surface area contributed by atoms with Crippen molar-refractivity contribution in [2.24, 2.45) is 0 Å². The predicted molar refractivity (Wildman–Crippen MR) is 73.6 cm³/mol.